The second kappa shape index (κ2) is 3.81. The van der Waals surface area contributed by atoms with Crippen LogP contribution < -0.4 is 10.9 Å². The van der Waals surface area contributed by atoms with Crippen LogP contribution in [0.1, 0.15) is 11.6 Å². The van der Waals surface area contributed by atoms with E-state index in [1.54, 1.807) is 17.8 Å². The van der Waals surface area contributed by atoms with Crippen LogP contribution in [0.25, 0.3) is 0 Å². The van der Waals surface area contributed by atoms with Crippen molar-refractivity contribution in [2.45, 2.75) is 10.9 Å². The van der Waals surface area contributed by atoms with Crippen LogP contribution in [0.15, 0.2) is 52.3 Å². The number of hydrogen-bond donors (Lipinski definition) is 2. The highest BCUT2D eigenvalue weighted by atomic mass is 32.2. The highest BCUT2D eigenvalue weighted by Crippen LogP contribution is 2.36. The summed E-state index contributed by atoms with van der Waals surface area (Å²) in [7, 11) is 0. The summed E-state index contributed by atoms with van der Waals surface area (Å²) in [6, 6.07) is 8.26. The predicted octanol–water partition coefficient (Wildman–Crippen LogP) is 1.91. The van der Waals surface area contributed by atoms with E-state index < -0.39 is 0 Å². The fourth-order valence-corrected chi connectivity index (χ4v) is 2.76. The molecule has 4 heteroatoms. The van der Waals surface area contributed by atoms with Gasteiger partial charge in [-0.05, 0) is 22.6 Å². The minimum Gasteiger partial charge on any atom is -0.287 e. The van der Waals surface area contributed by atoms with E-state index in [0.717, 1.165) is 5.57 Å². The molecule has 1 aromatic rings. The summed E-state index contributed by atoms with van der Waals surface area (Å²) in [5.74, 6) is -0.0970. The molecular formula is C12H10N2OS. The molecule has 1 aromatic carbocycles. The second-order valence-corrected chi connectivity index (χ2v) is 4.62. The van der Waals surface area contributed by atoms with Gasteiger partial charge in [-0.15, -0.1) is 0 Å². The van der Waals surface area contributed by atoms with Crippen molar-refractivity contribution in [3.8, 4) is 0 Å². The van der Waals surface area contributed by atoms with E-state index in [1.807, 2.05) is 23.6 Å². The molecule has 80 valence electrons. The highest BCUT2D eigenvalue weighted by Gasteiger charge is 2.24. The van der Waals surface area contributed by atoms with Gasteiger partial charge >= 0.3 is 0 Å². The summed E-state index contributed by atoms with van der Waals surface area (Å²) in [6.07, 6.45) is 3.63. The first-order chi connectivity index (χ1) is 7.84. The molecular weight excluding hydrogens is 220 g/mol. The van der Waals surface area contributed by atoms with E-state index in [1.165, 1.54) is 10.5 Å². The lowest BCUT2D eigenvalue weighted by Crippen LogP contribution is -2.43. The molecule has 1 amide bonds. The summed E-state index contributed by atoms with van der Waals surface area (Å²) in [6.45, 7) is 0. The molecule has 3 nitrogen and oxygen atoms in total. The molecule has 2 heterocycles. The molecule has 3 rings (SSSR count). The lowest BCUT2D eigenvalue weighted by molar-refractivity contribution is -0.118. The van der Waals surface area contributed by atoms with Crippen molar-refractivity contribution in [2.24, 2.45) is 0 Å². The zero-order chi connectivity index (χ0) is 11.0. The normalized spacial score (nSPS) is 22.6. The van der Waals surface area contributed by atoms with Crippen molar-refractivity contribution >= 4 is 17.7 Å². The van der Waals surface area contributed by atoms with Crippen LogP contribution in [0.2, 0.25) is 0 Å². The molecule has 0 radical (unpaired) electrons. The Hall–Kier alpha value is -1.52. The Morgan fingerprint density at radius 2 is 2.12 bits per heavy atom. The van der Waals surface area contributed by atoms with Gasteiger partial charge in [0.25, 0.3) is 5.91 Å². The van der Waals surface area contributed by atoms with Crippen molar-refractivity contribution in [1.82, 2.24) is 10.9 Å². The number of fused-ring (bicyclic) bond motifs is 3. The number of thioether (sulfide) groups is 1. The number of hydrogen-bond acceptors (Lipinski definition) is 3. The largest absolute Gasteiger partial charge is 0.287 e. The summed E-state index contributed by atoms with van der Waals surface area (Å²) in [4.78, 5) is 12.5. The minimum atomic E-state index is -0.0970. The molecule has 0 spiro atoms. The van der Waals surface area contributed by atoms with Gasteiger partial charge in [0.05, 0.1) is 6.04 Å². The number of amides is 1. The Morgan fingerprint density at radius 3 is 3.06 bits per heavy atom. The van der Waals surface area contributed by atoms with Crippen LogP contribution in [0.4, 0.5) is 0 Å². The van der Waals surface area contributed by atoms with Gasteiger partial charge in [0.1, 0.15) is 0 Å². The molecule has 0 saturated carbocycles. The summed E-state index contributed by atoms with van der Waals surface area (Å²) < 4.78 is 0. The van der Waals surface area contributed by atoms with Crippen LogP contribution in [-0.4, -0.2) is 5.91 Å². The van der Waals surface area contributed by atoms with E-state index in [2.05, 4.69) is 23.0 Å². The average Bonchev–Trinajstić information content (AvgIpc) is 2.47. The van der Waals surface area contributed by atoms with Gasteiger partial charge in [0.15, 0.2) is 0 Å². The first-order valence-corrected chi connectivity index (χ1v) is 5.92. The van der Waals surface area contributed by atoms with E-state index in [4.69, 9.17) is 0 Å². The second-order valence-electron chi connectivity index (χ2n) is 3.67. The molecule has 1 unspecified atom stereocenters. The minimum absolute atomic E-state index is 0.0557. The van der Waals surface area contributed by atoms with Gasteiger partial charge in [0, 0.05) is 11.0 Å². The van der Waals surface area contributed by atoms with Crippen LogP contribution in [0.5, 0.6) is 0 Å². The maximum Gasteiger partial charge on any atom is 0.258 e. The van der Waals surface area contributed by atoms with Gasteiger partial charge in [-0.25, -0.2) is 5.43 Å². The lowest BCUT2D eigenvalue weighted by Gasteiger charge is -2.24. The number of carbonyl (C=O) groups is 1. The third-order valence-electron chi connectivity index (χ3n) is 2.66. The molecule has 0 aliphatic carbocycles. The van der Waals surface area contributed by atoms with Gasteiger partial charge in [0.2, 0.25) is 0 Å². The van der Waals surface area contributed by atoms with Crippen molar-refractivity contribution in [3.63, 3.8) is 0 Å². The Bertz CT molecular complexity index is 507. The molecule has 0 fully saturated rings. The van der Waals surface area contributed by atoms with Gasteiger partial charge < -0.3 is 0 Å². The van der Waals surface area contributed by atoms with Crippen molar-refractivity contribution in [1.29, 1.82) is 0 Å². The quantitative estimate of drug-likeness (QED) is 0.715. The molecule has 2 aliphatic rings. The monoisotopic (exact) mass is 230 g/mol. The average molecular weight is 230 g/mol. The van der Waals surface area contributed by atoms with Crippen molar-refractivity contribution < 1.29 is 4.79 Å². The maximum atomic E-state index is 11.3. The zero-order valence-corrected chi connectivity index (χ0v) is 9.25. The van der Waals surface area contributed by atoms with Gasteiger partial charge in [-0.3, -0.25) is 10.2 Å². The Labute approximate surface area is 97.6 Å². The molecule has 1 atom stereocenters. The number of benzene rings is 1. The van der Waals surface area contributed by atoms with Crippen LogP contribution >= 0.6 is 11.8 Å². The summed E-state index contributed by atoms with van der Waals surface area (Å²) in [5.41, 5.74) is 7.88. The Balaban J connectivity index is 2.14. The summed E-state index contributed by atoms with van der Waals surface area (Å²) in [5, 5.41) is 2.02. The van der Waals surface area contributed by atoms with E-state index >= 15 is 0 Å². The molecule has 0 saturated heterocycles. The number of nitrogens with one attached hydrogen (secondary N) is 2. The number of rotatable bonds is 0. The van der Waals surface area contributed by atoms with E-state index in [0.29, 0.717) is 0 Å². The Morgan fingerprint density at radius 1 is 1.25 bits per heavy atom. The molecule has 0 aromatic heterocycles. The van der Waals surface area contributed by atoms with Crippen LogP contribution in [0.3, 0.4) is 0 Å². The van der Waals surface area contributed by atoms with E-state index in [-0.39, 0.29) is 11.9 Å². The topological polar surface area (TPSA) is 41.1 Å². The van der Waals surface area contributed by atoms with Gasteiger partial charge in [-0.1, -0.05) is 36.0 Å². The van der Waals surface area contributed by atoms with Crippen LogP contribution in [0, 0.1) is 0 Å². The SMILES string of the molecule is O=C1C=C2C=CSc3ccccc3C2NN1. The van der Waals surface area contributed by atoms with Crippen molar-refractivity contribution in [3.05, 3.63) is 53.0 Å². The number of carbonyl (C=O) groups excluding carboxylic acids is 1. The standard InChI is InChI=1S/C12H10N2OS/c15-11-7-8-5-6-16-10-4-2-1-3-9(10)12(8)14-13-11/h1-7,12,14H,(H,13,15). The lowest BCUT2D eigenvalue weighted by atomic mass is 9.98. The predicted molar refractivity (Wildman–Crippen MR) is 63.5 cm³/mol. The van der Waals surface area contributed by atoms with Gasteiger partial charge in [-0.2, -0.15) is 0 Å². The fraction of sp³-hybridized carbons (Fsp3) is 0.0833. The third-order valence-corrected chi connectivity index (χ3v) is 3.55. The Kier molecular flexibility index (Phi) is 2.31. The third kappa shape index (κ3) is 1.56. The number of hydrazine groups is 1. The maximum absolute atomic E-state index is 11.3. The molecule has 0 bridgehead atoms. The first-order valence-electron chi connectivity index (χ1n) is 5.04. The van der Waals surface area contributed by atoms with E-state index in [9.17, 15) is 4.79 Å². The van der Waals surface area contributed by atoms with Crippen molar-refractivity contribution in [2.75, 3.05) is 0 Å². The smallest absolute Gasteiger partial charge is 0.258 e. The summed E-state index contributed by atoms with van der Waals surface area (Å²) >= 11 is 1.68. The molecule has 2 N–H and O–H groups in total. The first kappa shape index (κ1) is 9.69. The van der Waals surface area contributed by atoms with Crippen LogP contribution in [-0.2, 0) is 4.79 Å². The zero-order valence-electron chi connectivity index (χ0n) is 8.44. The molecule has 16 heavy (non-hydrogen) atoms. The highest BCUT2D eigenvalue weighted by molar-refractivity contribution is 8.02. The fourth-order valence-electron chi connectivity index (χ4n) is 1.91. The molecule has 2 aliphatic heterocycles.